The van der Waals surface area contributed by atoms with E-state index in [1.807, 2.05) is 0 Å². The Morgan fingerprint density at radius 1 is 1.33 bits per heavy atom. The van der Waals surface area contributed by atoms with Crippen molar-refractivity contribution in [1.82, 2.24) is 0 Å². The first-order chi connectivity index (χ1) is 10.1. The van der Waals surface area contributed by atoms with E-state index in [0.29, 0.717) is 48.1 Å². The van der Waals surface area contributed by atoms with Crippen molar-refractivity contribution in [3.63, 3.8) is 0 Å². The van der Waals surface area contributed by atoms with E-state index in [2.05, 4.69) is 5.32 Å². The molecule has 0 aromatic heterocycles. The van der Waals surface area contributed by atoms with Gasteiger partial charge in [-0.3, -0.25) is 9.00 Å². The van der Waals surface area contributed by atoms with Crippen molar-refractivity contribution in [2.75, 3.05) is 43.4 Å². The summed E-state index contributed by atoms with van der Waals surface area (Å²) < 4.78 is 21.6. The Bertz CT molecular complexity index is 494. The van der Waals surface area contributed by atoms with Crippen molar-refractivity contribution < 1.29 is 18.5 Å². The zero-order valence-corrected chi connectivity index (χ0v) is 13.2. The number of nitrogens with one attached hydrogen (secondary N) is 1. The molecule has 21 heavy (non-hydrogen) atoms. The lowest BCUT2D eigenvalue weighted by Crippen LogP contribution is -2.14. The summed E-state index contributed by atoms with van der Waals surface area (Å²) in [6.45, 7) is 0.474. The number of carbonyl (C=O) groups is 1. The Morgan fingerprint density at radius 3 is 2.76 bits per heavy atom. The van der Waals surface area contributed by atoms with Crippen LogP contribution in [0.3, 0.4) is 0 Å². The summed E-state index contributed by atoms with van der Waals surface area (Å²) in [5, 5.41) is 2.76. The van der Waals surface area contributed by atoms with Crippen LogP contribution in [0.1, 0.15) is 12.8 Å². The van der Waals surface area contributed by atoms with Crippen LogP contribution in [-0.2, 0) is 20.3 Å². The first-order valence-corrected chi connectivity index (χ1v) is 8.13. The number of methoxy groups -OCH3 is 2. The van der Waals surface area contributed by atoms with Gasteiger partial charge in [-0.15, -0.1) is 0 Å². The molecule has 0 saturated heterocycles. The van der Waals surface area contributed by atoms with Gasteiger partial charge in [0.05, 0.1) is 19.4 Å². The van der Waals surface area contributed by atoms with Crippen molar-refractivity contribution in [3.05, 3.63) is 18.2 Å². The van der Waals surface area contributed by atoms with Crippen LogP contribution in [0.2, 0.25) is 0 Å². The number of amides is 1. The second kappa shape index (κ2) is 9.36. The standard InChI is InChI=1S/C14H22N2O4S/c1-19-7-9-21(18)8-3-4-14(17)16-12-6-5-11(15)10-13(12)20-2/h5-6,10H,3-4,7-9,15H2,1-2H3,(H,16,17). The monoisotopic (exact) mass is 314 g/mol. The van der Waals surface area contributed by atoms with Crippen LogP contribution in [0.25, 0.3) is 0 Å². The molecule has 0 spiro atoms. The maximum absolute atomic E-state index is 11.8. The minimum atomic E-state index is -0.938. The number of hydrogen-bond donors (Lipinski definition) is 2. The van der Waals surface area contributed by atoms with E-state index in [1.165, 1.54) is 7.11 Å². The second-order valence-electron chi connectivity index (χ2n) is 4.45. The summed E-state index contributed by atoms with van der Waals surface area (Å²) in [7, 11) is 2.15. The molecule has 0 bridgehead atoms. The molecule has 0 saturated carbocycles. The first-order valence-electron chi connectivity index (χ1n) is 6.64. The van der Waals surface area contributed by atoms with E-state index in [4.69, 9.17) is 15.2 Å². The van der Waals surface area contributed by atoms with Gasteiger partial charge in [0.2, 0.25) is 5.91 Å². The molecule has 1 atom stereocenters. The third-order valence-corrected chi connectivity index (χ3v) is 4.16. The Morgan fingerprint density at radius 2 is 2.10 bits per heavy atom. The third-order valence-electron chi connectivity index (χ3n) is 2.79. The highest BCUT2D eigenvalue weighted by atomic mass is 32.2. The Hall–Kier alpha value is -1.60. The summed E-state index contributed by atoms with van der Waals surface area (Å²) in [4.78, 5) is 11.8. The molecule has 1 rings (SSSR count). The van der Waals surface area contributed by atoms with Gasteiger partial charge < -0.3 is 20.5 Å². The Kier molecular flexibility index (Phi) is 7.78. The van der Waals surface area contributed by atoms with E-state index < -0.39 is 10.8 Å². The fourth-order valence-corrected chi connectivity index (χ4v) is 2.72. The lowest BCUT2D eigenvalue weighted by molar-refractivity contribution is -0.116. The molecular weight excluding hydrogens is 292 g/mol. The molecule has 1 aromatic carbocycles. The van der Waals surface area contributed by atoms with Gasteiger partial charge >= 0.3 is 0 Å². The summed E-state index contributed by atoms with van der Waals surface area (Å²) >= 11 is 0. The third kappa shape index (κ3) is 6.59. The molecule has 0 aliphatic rings. The van der Waals surface area contributed by atoms with E-state index in [-0.39, 0.29) is 5.91 Å². The van der Waals surface area contributed by atoms with Crippen molar-refractivity contribution in [1.29, 1.82) is 0 Å². The van der Waals surface area contributed by atoms with Crippen LogP contribution >= 0.6 is 0 Å². The van der Waals surface area contributed by atoms with Gasteiger partial charge in [-0.25, -0.2) is 0 Å². The highest BCUT2D eigenvalue weighted by molar-refractivity contribution is 7.84. The molecule has 0 aliphatic carbocycles. The lowest BCUT2D eigenvalue weighted by Gasteiger charge is -2.10. The topological polar surface area (TPSA) is 90.7 Å². The average Bonchev–Trinajstić information content (AvgIpc) is 2.46. The predicted octanol–water partition coefficient (Wildman–Crippen LogP) is 1.39. The fourth-order valence-electron chi connectivity index (χ4n) is 1.70. The van der Waals surface area contributed by atoms with E-state index in [9.17, 15) is 9.00 Å². The Balaban J connectivity index is 2.39. The fraction of sp³-hybridized carbons (Fsp3) is 0.500. The van der Waals surface area contributed by atoms with E-state index in [0.717, 1.165) is 0 Å². The number of carbonyl (C=O) groups excluding carboxylic acids is 1. The average molecular weight is 314 g/mol. The lowest BCUT2D eigenvalue weighted by atomic mass is 10.2. The summed E-state index contributed by atoms with van der Waals surface area (Å²) in [5.41, 5.74) is 6.80. The molecule has 1 unspecified atom stereocenters. The zero-order chi connectivity index (χ0) is 15.7. The quantitative estimate of drug-likeness (QED) is 0.672. The molecule has 0 heterocycles. The van der Waals surface area contributed by atoms with Gasteiger partial charge in [-0.2, -0.15) is 0 Å². The van der Waals surface area contributed by atoms with Gasteiger partial charge in [-0.05, 0) is 18.6 Å². The predicted molar refractivity (Wildman–Crippen MR) is 85.0 cm³/mol. The summed E-state index contributed by atoms with van der Waals surface area (Å²) in [6, 6.07) is 5.04. The minimum absolute atomic E-state index is 0.137. The smallest absolute Gasteiger partial charge is 0.224 e. The SMILES string of the molecule is COCCS(=O)CCCC(=O)Nc1ccc(N)cc1OC. The van der Waals surface area contributed by atoms with Crippen LogP contribution in [-0.4, -0.2) is 42.4 Å². The van der Waals surface area contributed by atoms with Gasteiger partial charge in [0.15, 0.2) is 0 Å². The van der Waals surface area contributed by atoms with E-state index in [1.54, 1.807) is 25.3 Å². The molecular formula is C14H22N2O4S. The number of ether oxygens (including phenoxy) is 2. The van der Waals surface area contributed by atoms with Gasteiger partial charge in [0.1, 0.15) is 5.75 Å². The largest absolute Gasteiger partial charge is 0.494 e. The number of benzene rings is 1. The summed E-state index contributed by atoms with van der Waals surface area (Å²) in [5.74, 6) is 1.38. The highest BCUT2D eigenvalue weighted by Crippen LogP contribution is 2.26. The maximum Gasteiger partial charge on any atom is 0.224 e. The summed E-state index contributed by atoms with van der Waals surface area (Å²) in [6.07, 6.45) is 0.881. The molecule has 0 aliphatic heterocycles. The molecule has 118 valence electrons. The molecule has 1 aromatic rings. The second-order valence-corrected chi connectivity index (χ2v) is 6.15. The van der Waals surface area contributed by atoms with Crippen molar-refractivity contribution >= 4 is 28.1 Å². The van der Waals surface area contributed by atoms with Crippen molar-refractivity contribution in [2.24, 2.45) is 0 Å². The van der Waals surface area contributed by atoms with Crippen molar-refractivity contribution in [2.45, 2.75) is 12.8 Å². The highest BCUT2D eigenvalue weighted by Gasteiger charge is 2.08. The van der Waals surface area contributed by atoms with Gasteiger partial charge in [0, 0.05) is 47.6 Å². The normalized spacial score (nSPS) is 11.9. The molecule has 1 amide bonds. The van der Waals surface area contributed by atoms with Crippen LogP contribution in [0, 0.1) is 0 Å². The minimum Gasteiger partial charge on any atom is -0.494 e. The maximum atomic E-state index is 11.8. The molecule has 0 fully saturated rings. The molecule has 0 radical (unpaired) electrons. The first kappa shape index (κ1) is 17.5. The number of rotatable bonds is 9. The number of hydrogen-bond acceptors (Lipinski definition) is 5. The van der Waals surface area contributed by atoms with Crippen LogP contribution < -0.4 is 15.8 Å². The van der Waals surface area contributed by atoms with Gasteiger partial charge in [0.25, 0.3) is 0 Å². The number of nitrogens with two attached hydrogens (primary N) is 1. The number of nitrogen functional groups attached to an aromatic ring is 1. The molecule has 7 heteroatoms. The van der Waals surface area contributed by atoms with Crippen molar-refractivity contribution in [3.8, 4) is 5.75 Å². The van der Waals surface area contributed by atoms with Gasteiger partial charge in [-0.1, -0.05) is 0 Å². The van der Waals surface area contributed by atoms with Crippen LogP contribution in [0.5, 0.6) is 5.75 Å². The molecule has 6 nitrogen and oxygen atoms in total. The van der Waals surface area contributed by atoms with E-state index >= 15 is 0 Å². The molecule has 3 N–H and O–H groups in total. The Labute approximate surface area is 127 Å². The number of anilines is 2. The van der Waals surface area contributed by atoms with Crippen LogP contribution in [0.15, 0.2) is 18.2 Å². The zero-order valence-electron chi connectivity index (χ0n) is 12.4. The van der Waals surface area contributed by atoms with Crippen LogP contribution in [0.4, 0.5) is 11.4 Å².